The van der Waals surface area contributed by atoms with Crippen molar-refractivity contribution in [1.29, 1.82) is 0 Å². The first-order valence-corrected chi connectivity index (χ1v) is 4.08. The first kappa shape index (κ1) is 9.48. The smallest absolute Gasteiger partial charge is 0.302 e. The van der Waals surface area contributed by atoms with Crippen LogP contribution in [0.1, 0.15) is 26.7 Å². The summed E-state index contributed by atoms with van der Waals surface area (Å²) in [6.07, 6.45) is 0.0121. The molecule has 0 bridgehead atoms. The summed E-state index contributed by atoms with van der Waals surface area (Å²) in [6.45, 7) is 3.21. The Kier molecular flexibility index (Phi) is 3.05. The molecule has 0 aromatic heterocycles. The van der Waals surface area contributed by atoms with E-state index in [2.05, 4.69) is 0 Å². The van der Waals surface area contributed by atoms with Gasteiger partial charge < -0.3 is 14.6 Å². The van der Waals surface area contributed by atoms with E-state index < -0.39 is 6.29 Å². The Hall–Kier alpha value is -0.610. The van der Waals surface area contributed by atoms with Crippen LogP contribution in [0.15, 0.2) is 0 Å². The molecule has 0 aromatic rings. The van der Waals surface area contributed by atoms with Gasteiger partial charge in [0, 0.05) is 19.8 Å². The van der Waals surface area contributed by atoms with Crippen LogP contribution in [0.5, 0.6) is 0 Å². The Morgan fingerprint density at radius 1 is 1.58 bits per heavy atom. The first-order chi connectivity index (χ1) is 5.58. The predicted molar refractivity (Wildman–Crippen MR) is 41.3 cm³/mol. The maximum absolute atomic E-state index is 10.6. The Morgan fingerprint density at radius 2 is 2.25 bits per heavy atom. The van der Waals surface area contributed by atoms with Crippen molar-refractivity contribution >= 4 is 5.97 Å². The number of hydrogen-bond acceptors (Lipinski definition) is 4. The molecule has 4 heteroatoms. The Balaban J connectivity index is 2.38. The standard InChI is InChI=1S/C8H14O4/c1-5-3-7(12-6(2)9)4-8(10)11-5/h5,7-8,10H,3-4H2,1-2H3/t5-,7+,8+/m1/s1. The van der Waals surface area contributed by atoms with Crippen LogP contribution >= 0.6 is 0 Å². The molecular formula is C8H14O4. The molecule has 1 rings (SSSR count). The molecule has 1 saturated heterocycles. The molecule has 0 aliphatic carbocycles. The third-order valence-corrected chi connectivity index (χ3v) is 1.78. The summed E-state index contributed by atoms with van der Waals surface area (Å²) in [7, 11) is 0. The van der Waals surface area contributed by atoms with Crippen molar-refractivity contribution < 1.29 is 19.4 Å². The lowest BCUT2D eigenvalue weighted by Crippen LogP contribution is -2.36. The second-order valence-corrected chi connectivity index (χ2v) is 3.10. The zero-order valence-electron chi connectivity index (χ0n) is 7.32. The third kappa shape index (κ3) is 2.79. The van der Waals surface area contributed by atoms with Gasteiger partial charge in [0.1, 0.15) is 6.10 Å². The zero-order chi connectivity index (χ0) is 9.14. The largest absolute Gasteiger partial charge is 0.462 e. The van der Waals surface area contributed by atoms with Crippen molar-refractivity contribution in [3.63, 3.8) is 0 Å². The number of aliphatic hydroxyl groups excluding tert-OH is 1. The monoisotopic (exact) mass is 174 g/mol. The van der Waals surface area contributed by atoms with Gasteiger partial charge in [-0.3, -0.25) is 4.79 Å². The van der Waals surface area contributed by atoms with Gasteiger partial charge in [-0.25, -0.2) is 0 Å². The van der Waals surface area contributed by atoms with Crippen molar-refractivity contribution in [2.24, 2.45) is 0 Å². The number of esters is 1. The molecule has 0 radical (unpaired) electrons. The number of ether oxygens (including phenoxy) is 2. The molecule has 0 amide bonds. The van der Waals surface area contributed by atoms with Gasteiger partial charge in [0.25, 0.3) is 0 Å². The molecule has 1 aliphatic heterocycles. The molecule has 4 nitrogen and oxygen atoms in total. The second-order valence-electron chi connectivity index (χ2n) is 3.10. The maximum Gasteiger partial charge on any atom is 0.302 e. The van der Waals surface area contributed by atoms with Crippen molar-refractivity contribution in [3.05, 3.63) is 0 Å². The van der Waals surface area contributed by atoms with Crippen LogP contribution < -0.4 is 0 Å². The van der Waals surface area contributed by atoms with E-state index in [1.54, 1.807) is 0 Å². The highest BCUT2D eigenvalue weighted by Gasteiger charge is 2.27. The van der Waals surface area contributed by atoms with E-state index in [1.165, 1.54) is 6.92 Å². The Morgan fingerprint density at radius 3 is 2.75 bits per heavy atom. The quantitative estimate of drug-likeness (QED) is 0.586. The average molecular weight is 174 g/mol. The number of hydrogen-bond donors (Lipinski definition) is 1. The van der Waals surface area contributed by atoms with Gasteiger partial charge in [-0.05, 0) is 6.92 Å². The van der Waals surface area contributed by atoms with E-state index in [0.717, 1.165) is 0 Å². The lowest BCUT2D eigenvalue weighted by Gasteiger charge is -2.30. The van der Waals surface area contributed by atoms with E-state index in [9.17, 15) is 4.79 Å². The normalized spacial score (nSPS) is 36.1. The highest BCUT2D eigenvalue weighted by molar-refractivity contribution is 5.66. The molecule has 0 saturated carbocycles. The van der Waals surface area contributed by atoms with E-state index >= 15 is 0 Å². The minimum absolute atomic E-state index is 0.0434. The summed E-state index contributed by atoms with van der Waals surface area (Å²) in [5.74, 6) is -0.304. The Bertz CT molecular complexity index is 158. The fourth-order valence-electron chi connectivity index (χ4n) is 1.40. The fourth-order valence-corrected chi connectivity index (χ4v) is 1.40. The lowest BCUT2D eigenvalue weighted by molar-refractivity contribution is -0.195. The van der Waals surface area contributed by atoms with Crippen LogP contribution in [-0.2, 0) is 14.3 Å². The maximum atomic E-state index is 10.6. The second kappa shape index (κ2) is 3.87. The molecule has 0 unspecified atom stereocenters. The van der Waals surface area contributed by atoms with Gasteiger partial charge >= 0.3 is 5.97 Å². The third-order valence-electron chi connectivity index (χ3n) is 1.78. The van der Waals surface area contributed by atoms with Crippen molar-refractivity contribution in [1.82, 2.24) is 0 Å². The molecule has 1 aliphatic rings. The summed E-state index contributed by atoms with van der Waals surface area (Å²) in [4.78, 5) is 10.6. The molecule has 70 valence electrons. The van der Waals surface area contributed by atoms with Gasteiger partial charge in [-0.2, -0.15) is 0 Å². The van der Waals surface area contributed by atoms with E-state index in [0.29, 0.717) is 12.8 Å². The first-order valence-electron chi connectivity index (χ1n) is 4.08. The SMILES string of the molecule is CC(=O)O[C@H]1C[C@@H](C)O[C@H](O)C1. The van der Waals surface area contributed by atoms with Crippen LogP contribution in [0.4, 0.5) is 0 Å². The average Bonchev–Trinajstić information content (AvgIpc) is 1.81. The summed E-state index contributed by atoms with van der Waals surface area (Å²) >= 11 is 0. The van der Waals surface area contributed by atoms with Crippen molar-refractivity contribution in [3.8, 4) is 0 Å². The molecule has 1 N–H and O–H groups in total. The summed E-state index contributed by atoms with van der Waals surface area (Å²) in [6, 6.07) is 0. The van der Waals surface area contributed by atoms with Crippen molar-refractivity contribution in [2.75, 3.05) is 0 Å². The van der Waals surface area contributed by atoms with Gasteiger partial charge in [-0.1, -0.05) is 0 Å². The lowest BCUT2D eigenvalue weighted by atomic mass is 10.1. The van der Waals surface area contributed by atoms with Crippen LogP contribution in [0.25, 0.3) is 0 Å². The summed E-state index contributed by atoms with van der Waals surface area (Å²) < 4.78 is 10.0. The van der Waals surface area contributed by atoms with E-state index in [-0.39, 0.29) is 18.2 Å². The zero-order valence-corrected chi connectivity index (χ0v) is 7.32. The molecule has 12 heavy (non-hydrogen) atoms. The molecule has 0 aromatic carbocycles. The number of carbonyl (C=O) groups is 1. The minimum atomic E-state index is -0.793. The topological polar surface area (TPSA) is 55.8 Å². The molecule has 1 fully saturated rings. The van der Waals surface area contributed by atoms with Crippen LogP contribution in [0.2, 0.25) is 0 Å². The summed E-state index contributed by atoms with van der Waals surface area (Å²) in [5.41, 5.74) is 0. The van der Waals surface area contributed by atoms with E-state index in [1.807, 2.05) is 6.92 Å². The van der Waals surface area contributed by atoms with Gasteiger partial charge in [0.05, 0.1) is 6.10 Å². The molecule has 1 heterocycles. The van der Waals surface area contributed by atoms with Crippen LogP contribution in [-0.4, -0.2) is 29.6 Å². The predicted octanol–water partition coefficient (Wildman–Crippen LogP) is 0.435. The molecule has 0 spiro atoms. The number of aliphatic hydroxyl groups is 1. The summed E-state index contributed by atoms with van der Waals surface area (Å²) in [5, 5.41) is 9.15. The minimum Gasteiger partial charge on any atom is -0.462 e. The van der Waals surface area contributed by atoms with Crippen LogP contribution in [0, 0.1) is 0 Å². The number of carbonyl (C=O) groups excluding carboxylic acids is 1. The van der Waals surface area contributed by atoms with Crippen LogP contribution in [0.3, 0.4) is 0 Å². The molecular weight excluding hydrogens is 160 g/mol. The highest BCUT2D eigenvalue weighted by Crippen LogP contribution is 2.20. The van der Waals surface area contributed by atoms with Crippen molar-refractivity contribution in [2.45, 2.75) is 45.2 Å². The Labute approximate surface area is 71.5 Å². The van der Waals surface area contributed by atoms with E-state index in [4.69, 9.17) is 14.6 Å². The highest BCUT2D eigenvalue weighted by atomic mass is 16.6. The van der Waals surface area contributed by atoms with Gasteiger partial charge in [-0.15, -0.1) is 0 Å². The van der Waals surface area contributed by atoms with Gasteiger partial charge in [0.15, 0.2) is 6.29 Å². The number of rotatable bonds is 1. The van der Waals surface area contributed by atoms with Gasteiger partial charge in [0.2, 0.25) is 0 Å². The molecule has 3 atom stereocenters. The fraction of sp³-hybridized carbons (Fsp3) is 0.875.